The summed E-state index contributed by atoms with van der Waals surface area (Å²) in [5, 5.41) is 12.1. The number of anilines is 1. The molecule has 1 atom stereocenters. The van der Waals surface area contributed by atoms with Gasteiger partial charge in [0.2, 0.25) is 5.91 Å². The Labute approximate surface area is 157 Å². The van der Waals surface area contributed by atoms with E-state index >= 15 is 0 Å². The second-order valence-corrected chi connectivity index (χ2v) is 6.68. The first-order chi connectivity index (χ1) is 13.0. The van der Waals surface area contributed by atoms with Gasteiger partial charge in [-0.1, -0.05) is 36.4 Å². The summed E-state index contributed by atoms with van der Waals surface area (Å²) < 4.78 is 0. The SMILES string of the molecule is Cc1ccc(NC(=O)C(c2ccccc2)N2CCCCC2=O)cc1C(=O)O. The van der Waals surface area contributed by atoms with Crippen LogP contribution in [0.5, 0.6) is 0 Å². The van der Waals surface area contributed by atoms with Gasteiger partial charge in [-0.3, -0.25) is 9.59 Å². The standard InChI is InChI=1S/C21H22N2O4/c1-14-10-11-16(13-17(14)21(26)27)22-20(25)19(15-7-3-2-4-8-15)23-12-6-5-9-18(23)24/h2-4,7-8,10-11,13,19H,5-6,9,12H2,1H3,(H,22,25)(H,26,27). The molecule has 1 fully saturated rings. The van der Waals surface area contributed by atoms with E-state index < -0.39 is 12.0 Å². The molecule has 0 aromatic heterocycles. The predicted octanol–water partition coefficient (Wildman–Crippen LogP) is 3.39. The highest BCUT2D eigenvalue weighted by atomic mass is 16.4. The molecule has 0 saturated carbocycles. The summed E-state index contributed by atoms with van der Waals surface area (Å²) in [6.45, 7) is 2.23. The molecule has 1 unspecified atom stereocenters. The fourth-order valence-corrected chi connectivity index (χ4v) is 3.35. The van der Waals surface area contributed by atoms with Crippen molar-refractivity contribution in [3.8, 4) is 0 Å². The average molecular weight is 366 g/mol. The van der Waals surface area contributed by atoms with Gasteiger partial charge in [-0.25, -0.2) is 4.79 Å². The summed E-state index contributed by atoms with van der Waals surface area (Å²) in [6, 6.07) is 13.2. The Kier molecular flexibility index (Phi) is 5.54. The van der Waals surface area contributed by atoms with E-state index in [1.807, 2.05) is 30.3 Å². The summed E-state index contributed by atoms with van der Waals surface area (Å²) in [5.41, 5.74) is 1.88. The maximum Gasteiger partial charge on any atom is 0.336 e. The molecule has 3 rings (SSSR count). The minimum atomic E-state index is -1.05. The van der Waals surface area contributed by atoms with Crippen molar-refractivity contribution in [1.29, 1.82) is 0 Å². The zero-order chi connectivity index (χ0) is 19.4. The van der Waals surface area contributed by atoms with E-state index in [1.165, 1.54) is 6.07 Å². The number of carbonyl (C=O) groups excluding carboxylic acids is 2. The number of aromatic carboxylic acids is 1. The first-order valence-corrected chi connectivity index (χ1v) is 8.96. The van der Waals surface area contributed by atoms with Crippen LogP contribution in [0.3, 0.4) is 0 Å². The zero-order valence-corrected chi connectivity index (χ0v) is 15.1. The van der Waals surface area contributed by atoms with Crippen LogP contribution >= 0.6 is 0 Å². The number of piperidine rings is 1. The molecule has 2 aromatic rings. The van der Waals surface area contributed by atoms with Crippen molar-refractivity contribution >= 4 is 23.5 Å². The largest absolute Gasteiger partial charge is 0.478 e. The van der Waals surface area contributed by atoms with Crippen LogP contribution in [0.4, 0.5) is 5.69 Å². The van der Waals surface area contributed by atoms with E-state index in [1.54, 1.807) is 24.0 Å². The minimum Gasteiger partial charge on any atom is -0.478 e. The first kappa shape index (κ1) is 18.6. The molecule has 1 saturated heterocycles. The molecule has 140 valence electrons. The van der Waals surface area contributed by atoms with Gasteiger partial charge in [0.25, 0.3) is 5.91 Å². The molecule has 1 heterocycles. The second-order valence-electron chi connectivity index (χ2n) is 6.68. The van der Waals surface area contributed by atoms with Gasteiger partial charge < -0.3 is 15.3 Å². The quantitative estimate of drug-likeness (QED) is 0.849. The van der Waals surface area contributed by atoms with Crippen molar-refractivity contribution in [1.82, 2.24) is 4.90 Å². The molecule has 1 aliphatic rings. The fraction of sp³-hybridized carbons (Fsp3) is 0.286. The zero-order valence-electron chi connectivity index (χ0n) is 15.1. The molecule has 27 heavy (non-hydrogen) atoms. The Morgan fingerprint density at radius 2 is 1.85 bits per heavy atom. The van der Waals surface area contributed by atoms with Gasteiger partial charge in [0, 0.05) is 18.7 Å². The number of hydrogen-bond acceptors (Lipinski definition) is 3. The maximum absolute atomic E-state index is 13.1. The molecule has 2 amide bonds. The number of likely N-dealkylation sites (tertiary alicyclic amines) is 1. The van der Waals surface area contributed by atoms with Crippen LogP contribution in [0.25, 0.3) is 0 Å². The number of nitrogens with one attached hydrogen (secondary N) is 1. The number of carboxylic acid groups (broad SMARTS) is 1. The van der Waals surface area contributed by atoms with Gasteiger partial charge in [-0.2, -0.15) is 0 Å². The normalized spacial score (nSPS) is 15.3. The third-order valence-electron chi connectivity index (χ3n) is 4.77. The van der Waals surface area contributed by atoms with Crippen LogP contribution in [-0.4, -0.2) is 34.3 Å². The van der Waals surface area contributed by atoms with Gasteiger partial charge >= 0.3 is 5.97 Å². The number of rotatable bonds is 5. The van der Waals surface area contributed by atoms with E-state index in [0.717, 1.165) is 18.4 Å². The molecule has 1 aliphatic heterocycles. The average Bonchev–Trinajstić information content (AvgIpc) is 2.66. The van der Waals surface area contributed by atoms with E-state index in [-0.39, 0.29) is 17.4 Å². The lowest BCUT2D eigenvalue weighted by Gasteiger charge is -2.34. The van der Waals surface area contributed by atoms with Crippen LogP contribution in [0.1, 0.15) is 46.8 Å². The number of nitrogens with zero attached hydrogens (tertiary/aromatic N) is 1. The highest BCUT2D eigenvalue weighted by Crippen LogP contribution is 2.27. The lowest BCUT2D eigenvalue weighted by Crippen LogP contribution is -2.43. The van der Waals surface area contributed by atoms with Gasteiger partial charge in [0.1, 0.15) is 6.04 Å². The van der Waals surface area contributed by atoms with Crippen molar-refractivity contribution in [2.24, 2.45) is 0 Å². The maximum atomic E-state index is 13.1. The first-order valence-electron chi connectivity index (χ1n) is 8.96. The van der Waals surface area contributed by atoms with Gasteiger partial charge in [-0.15, -0.1) is 0 Å². The Balaban J connectivity index is 1.91. The third kappa shape index (κ3) is 4.16. The summed E-state index contributed by atoms with van der Waals surface area (Å²) in [6.07, 6.45) is 2.12. The number of carboxylic acids is 1. The Morgan fingerprint density at radius 1 is 1.11 bits per heavy atom. The molecule has 2 N–H and O–H groups in total. The van der Waals surface area contributed by atoms with Crippen molar-refractivity contribution in [2.75, 3.05) is 11.9 Å². The Morgan fingerprint density at radius 3 is 2.52 bits per heavy atom. The van der Waals surface area contributed by atoms with Gasteiger partial charge in [0.05, 0.1) is 5.56 Å². The molecule has 6 nitrogen and oxygen atoms in total. The summed E-state index contributed by atoms with van der Waals surface area (Å²) in [5.74, 6) is -1.44. The molecule has 0 radical (unpaired) electrons. The fourth-order valence-electron chi connectivity index (χ4n) is 3.35. The second kappa shape index (κ2) is 8.03. The van der Waals surface area contributed by atoms with Gasteiger partial charge in [-0.05, 0) is 43.0 Å². The number of amides is 2. The minimum absolute atomic E-state index is 0.0413. The van der Waals surface area contributed by atoms with E-state index in [9.17, 15) is 19.5 Å². The van der Waals surface area contributed by atoms with Crippen LogP contribution in [0, 0.1) is 6.92 Å². The number of hydrogen-bond donors (Lipinski definition) is 2. The molecular weight excluding hydrogens is 344 g/mol. The Hall–Kier alpha value is -3.15. The van der Waals surface area contributed by atoms with Crippen LogP contribution < -0.4 is 5.32 Å². The smallest absolute Gasteiger partial charge is 0.336 e. The molecular formula is C21H22N2O4. The lowest BCUT2D eigenvalue weighted by molar-refractivity contribution is -0.141. The predicted molar refractivity (Wildman–Crippen MR) is 102 cm³/mol. The molecule has 2 aromatic carbocycles. The topological polar surface area (TPSA) is 86.7 Å². The number of carbonyl (C=O) groups is 3. The van der Waals surface area contributed by atoms with E-state index in [2.05, 4.69) is 5.32 Å². The van der Waals surface area contributed by atoms with Crippen LogP contribution in [0.2, 0.25) is 0 Å². The third-order valence-corrected chi connectivity index (χ3v) is 4.77. The van der Waals surface area contributed by atoms with Crippen molar-refractivity contribution < 1.29 is 19.5 Å². The summed E-state index contributed by atoms with van der Waals surface area (Å²) in [7, 11) is 0. The van der Waals surface area contributed by atoms with E-state index in [0.29, 0.717) is 24.2 Å². The van der Waals surface area contributed by atoms with Crippen molar-refractivity contribution in [3.05, 3.63) is 65.2 Å². The lowest BCUT2D eigenvalue weighted by atomic mass is 10.00. The summed E-state index contributed by atoms with van der Waals surface area (Å²) >= 11 is 0. The highest BCUT2D eigenvalue weighted by molar-refractivity contribution is 5.99. The highest BCUT2D eigenvalue weighted by Gasteiger charge is 2.32. The molecule has 0 aliphatic carbocycles. The molecule has 0 bridgehead atoms. The summed E-state index contributed by atoms with van der Waals surface area (Å²) in [4.78, 5) is 38.4. The van der Waals surface area contributed by atoms with Gasteiger partial charge in [0.15, 0.2) is 0 Å². The number of aryl methyl sites for hydroxylation is 1. The monoisotopic (exact) mass is 366 g/mol. The van der Waals surface area contributed by atoms with Crippen molar-refractivity contribution in [2.45, 2.75) is 32.2 Å². The Bertz CT molecular complexity index is 864. The van der Waals surface area contributed by atoms with Crippen LogP contribution in [-0.2, 0) is 9.59 Å². The molecule has 6 heteroatoms. The van der Waals surface area contributed by atoms with Crippen molar-refractivity contribution in [3.63, 3.8) is 0 Å². The molecule has 0 spiro atoms. The van der Waals surface area contributed by atoms with E-state index in [4.69, 9.17) is 0 Å². The van der Waals surface area contributed by atoms with Crippen LogP contribution in [0.15, 0.2) is 48.5 Å². The number of benzene rings is 2.